The van der Waals surface area contributed by atoms with Crippen molar-refractivity contribution >= 4 is 17.5 Å². The summed E-state index contributed by atoms with van der Waals surface area (Å²) in [6.45, 7) is 1.70. The van der Waals surface area contributed by atoms with E-state index in [1.54, 1.807) is 6.92 Å². The lowest BCUT2D eigenvalue weighted by Crippen LogP contribution is -2.44. The van der Waals surface area contributed by atoms with Crippen molar-refractivity contribution < 1.29 is 22.8 Å². The lowest BCUT2D eigenvalue weighted by atomic mass is 10.0. The van der Waals surface area contributed by atoms with Gasteiger partial charge in [-0.05, 0) is 31.9 Å². The first-order chi connectivity index (χ1) is 11.7. The van der Waals surface area contributed by atoms with Crippen LogP contribution in [0.4, 0.5) is 18.9 Å². The number of nitrogens with two attached hydrogens (primary N) is 1. The summed E-state index contributed by atoms with van der Waals surface area (Å²) >= 11 is 0. The number of hydrogen-bond donors (Lipinski definition) is 2. The van der Waals surface area contributed by atoms with Crippen LogP contribution in [0, 0.1) is 5.92 Å². The Morgan fingerprint density at radius 3 is 2.52 bits per heavy atom. The Kier molecular flexibility index (Phi) is 6.05. The zero-order chi connectivity index (χ0) is 18.6. The van der Waals surface area contributed by atoms with E-state index in [0.717, 1.165) is 18.9 Å². The predicted octanol–water partition coefficient (Wildman–Crippen LogP) is 2.62. The Labute approximate surface area is 144 Å². The van der Waals surface area contributed by atoms with Gasteiger partial charge in [0.1, 0.15) is 0 Å². The Morgan fingerprint density at radius 2 is 1.96 bits per heavy atom. The average Bonchev–Trinajstić information content (AvgIpc) is 2.97. The van der Waals surface area contributed by atoms with Crippen molar-refractivity contribution in [3.8, 4) is 0 Å². The summed E-state index contributed by atoms with van der Waals surface area (Å²) in [4.78, 5) is 26.0. The van der Waals surface area contributed by atoms with E-state index in [-0.39, 0.29) is 36.6 Å². The molecule has 8 heteroatoms. The number of nitrogens with zero attached hydrogens (tertiary/aromatic N) is 1. The standard InChI is InChI=1S/C17H22F3N3O2/c1-2-23(16(25)11-6-5-8-13(11)21)10-15(24)22-14-9-4-3-7-12(14)17(18,19)20/h3-4,7,9,11,13H,2,5-6,8,10,21H2,1H3,(H,22,24). The highest BCUT2D eigenvalue weighted by atomic mass is 19.4. The second kappa shape index (κ2) is 7.86. The molecular formula is C17H22F3N3O2. The summed E-state index contributed by atoms with van der Waals surface area (Å²) in [6.07, 6.45) is -2.27. The largest absolute Gasteiger partial charge is 0.418 e. The third-order valence-corrected chi connectivity index (χ3v) is 4.42. The minimum absolute atomic E-state index is 0.216. The molecule has 1 saturated carbocycles. The van der Waals surface area contributed by atoms with Crippen LogP contribution in [0.3, 0.4) is 0 Å². The van der Waals surface area contributed by atoms with E-state index in [1.807, 2.05) is 0 Å². The number of hydrogen-bond acceptors (Lipinski definition) is 3. The topological polar surface area (TPSA) is 75.4 Å². The van der Waals surface area contributed by atoms with Crippen LogP contribution < -0.4 is 11.1 Å². The molecule has 0 heterocycles. The van der Waals surface area contributed by atoms with Crippen LogP contribution in [0.25, 0.3) is 0 Å². The minimum atomic E-state index is -4.57. The van der Waals surface area contributed by atoms with Crippen molar-refractivity contribution in [2.75, 3.05) is 18.4 Å². The summed E-state index contributed by atoms with van der Waals surface area (Å²) in [5.74, 6) is -1.21. The van der Waals surface area contributed by atoms with E-state index in [0.29, 0.717) is 6.42 Å². The van der Waals surface area contributed by atoms with E-state index < -0.39 is 17.6 Å². The molecule has 138 valence electrons. The maximum absolute atomic E-state index is 13.0. The van der Waals surface area contributed by atoms with Crippen molar-refractivity contribution in [1.82, 2.24) is 4.90 Å². The fourth-order valence-corrected chi connectivity index (χ4v) is 3.08. The Balaban J connectivity index is 2.05. The second-order valence-corrected chi connectivity index (χ2v) is 6.15. The Morgan fingerprint density at radius 1 is 1.28 bits per heavy atom. The van der Waals surface area contributed by atoms with E-state index >= 15 is 0 Å². The molecule has 0 saturated heterocycles. The third-order valence-electron chi connectivity index (χ3n) is 4.42. The summed E-state index contributed by atoms with van der Waals surface area (Å²) in [5.41, 5.74) is 4.68. The van der Waals surface area contributed by atoms with Crippen molar-refractivity contribution in [2.24, 2.45) is 11.7 Å². The first-order valence-electron chi connectivity index (χ1n) is 8.24. The molecule has 2 amide bonds. The van der Waals surface area contributed by atoms with E-state index in [9.17, 15) is 22.8 Å². The lowest BCUT2D eigenvalue weighted by molar-refractivity contribution is -0.139. The van der Waals surface area contributed by atoms with Gasteiger partial charge in [-0.2, -0.15) is 13.2 Å². The number of carbonyl (C=O) groups is 2. The number of anilines is 1. The number of nitrogens with one attached hydrogen (secondary N) is 1. The number of rotatable bonds is 5. The van der Waals surface area contributed by atoms with Gasteiger partial charge in [0.15, 0.2) is 0 Å². The molecule has 0 aromatic heterocycles. The summed E-state index contributed by atoms with van der Waals surface area (Å²) in [5, 5.41) is 2.25. The molecule has 1 aliphatic rings. The quantitative estimate of drug-likeness (QED) is 0.851. The number of carbonyl (C=O) groups excluding carboxylic acids is 2. The van der Waals surface area contributed by atoms with E-state index in [1.165, 1.54) is 23.1 Å². The minimum Gasteiger partial charge on any atom is -0.333 e. The first-order valence-corrected chi connectivity index (χ1v) is 8.24. The third kappa shape index (κ3) is 4.72. The predicted molar refractivity (Wildman–Crippen MR) is 87.6 cm³/mol. The van der Waals surface area contributed by atoms with Gasteiger partial charge in [-0.3, -0.25) is 9.59 Å². The molecule has 1 aromatic rings. The average molecular weight is 357 g/mol. The smallest absolute Gasteiger partial charge is 0.333 e. The number of likely N-dealkylation sites (N-methyl/N-ethyl adjacent to an activating group) is 1. The van der Waals surface area contributed by atoms with Crippen LogP contribution in [0.5, 0.6) is 0 Å². The van der Waals surface area contributed by atoms with E-state index in [2.05, 4.69) is 5.32 Å². The zero-order valence-corrected chi connectivity index (χ0v) is 14.0. The monoisotopic (exact) mass is 357 g/mol. The number of alkyl halides is 3. The molecule has 2 rings (SSSR count). The second-order valence-electron chi connectivity index (χ2n) is 6.15. The molecule has 1 aliphatic carbocycles. The van der Waals surface area contributed by atoms with Crippen LogP contribution in [0.15, 0.2) is 24.3 Å². The molecule has 0 radical (unpaired) electrons. The molecule has 3 N–H and O–H groups in total. The van der Waals surface area contributed by atoms with Crippen LogP contribution in [0.2, 0.25) is 0 Å². The Hall–Kier alpha value is -2.09. The SMILES string of the molecule is CCN(CC(=O)Nc1ccccc1C(F)(F)F)C(=O)C1CCCC1N. The molecule has 1 fully saturated rings. The van der Waals surface area contributed by atoms with Crippen molar-refractivity contribution in [2.45, 2.75) is 38.4 Å². The van der Waals surface area contributed by atoms with Crippen LogP contribution in [0.1, 0.15) is 31.7 Å². The zero-order valence-electron chi connectivity index (χ0n) is 14.0. The maximum Gasteiger partial charge on any atom is 0.418 e. The molecule has 1 aromatic carbocycles. The van der Waals surface area contributed by atoms with Gasteiger partial charge in [-0.25, -0.2) is 0 Å². The highest BCUT2D eigenvalue weighted by Crippen LogP contribution is 2.34. The number of amides is 2. The van der Waals surface area contributed by atoms with Crippen LogP contribution in [-0.2, 0) is 15.8 Å². The highest BCUT2D eigenvalue weighted by molar-refractivity contribution is 5.95. The number of para-hydroxylation sites is 1. The fourth-order valence-electron chi connectivity index (χ4n) is 3.08. The van der Waals surface area contributed by atoms with Crippen molar-refractivity contribution in [3.63, 3.8) is 0 Å². The van der Waals surface area contributed by atoms with Crippen molar-refractivity contribution in [1.29, 1.82) is 0 Å². The summed E-state index contributed by atoms with van der Waals surface area (Å²) in [6, 6.07) is 4.52. The van der Waals surface area contributed by atoms with Crippen LogP contribution in [-0.4, -0.2) is 35.8 Å². The van der Waals surface area contributed by atoms with E-state index in [4.69, 9.17) is 5.73 Å². The van der Waals surface area contributed by atoms with Gasteiger partial charge >= 0.3 is 6.18 Å². The molecular weight excluding hydrogens is 335 g/mol. The van der Waals surface area contributed by atoms with Crippen LogP contribution >= 0.6 is 0 Å². The molecule has 25 heavy (non-hydrogen) atoms. The van der Waals surface area contributed by atoms with Gasteiger partial charge in [0.2, 0.25) is 11.8 Å². The maximum atomic E-state index is 13.0. The molecule has 2 atom stereocenters. The number of benzene rings is 1. The number of halogens is 3. The van der Waals surface area contributed by atoms with Gasteiger partial charge in [-0.1, -0.05) is 18.6 Å². The van der Waals surface area contributed by atoms with Crippen molar-refractivity contribution in [3.05, 3.63) is 29.8 Å². The van der Waals surface area contributed by atoms with Gasteiger partial charge in [0, 0.05) is 12.6 Å². The highest BCUT2D eigenvalue weighted by Gasteiger charge is 2.35. The fraction of sp³-hybridized carbons (Fsp3) is 0.529. The molecule has 0 bridgehead atoms. The molecule has 0 spiro atoms. The lowest BCUT2D eigenvalue weighted by Gasteiger charge is -2.25. The van der Waals surface area contributed by atoms with Gasteiger partial charge < -0.3 is 16.0 Å². The van der Waals surface area contributed by atoms with Gasteiger partial charge in [0.05, 0.1) is 23.7 Å². The molecule has 5 nitrogen and oxygen atoms in total. The molecule has 0 aliphatic heterocycles. The molecule has 2 unspecified atom stereocenters. The van der Waals surface area contributed by atoms with Gasteiger partial charge in [-0.15, -0.1) is 0 Å². The Bertz CT molecular complexity index is 634. The first kappa shape index (κ1) is 19.2. The van der Waals surface area contributed by atoms with Gasteiger partial charge in [0.25, 0.3) is 0 Å². The summed E-state index contributed by atoms with van der Waals surface area (Å²) in [7, 11) is 0. The summed E-state index contributed by atoms with van der Waals surface area (Å²) < 4.78 is 38.9. The normalized spacial score (nSPS) is 20.4.